The predicted molar refractivity (Wildman–Crippen MR) is 83.5 cm³/mol. The van der Waals surface area contributed by atoms with E-state index >= 15 is 0 Å². The number of amides is 1. The number of nitrogens with zero attached hydrogens (tertiary/aromatic N) is 2. The van der Waals surface area contributed by atoms with E-state index in [0.29, 0.717) is 18.8 Å². The van der Waals surface area contributed by atoms with Crippen molar-refractivity contribution >= 4 is 51.1 Å². The number of aromatic nitrogens is 2. The fourth-order valence-corrected chi connectivity index (χ4v) is 3.21. The van der Waals surface area contributed by atoms with Crippen LogP contribution in [0.3, 0.4) is 0 Å². The number of hydrogen-bond donors (Lipinski definition) is 1. The maximum absolute atomic E-state index is 11.4. The predicted octanol–water partition coefficient (Wildman–Crippen LogP) is 2.48. The van der Waals surface area contributed by atoms with E-state index in [2.05, 4.69) is 55.7 Å². The van der Waals surface area contributed by atoms with E-state index in [1.165, 1.54) is 0 Å². The van der Waals surface area contributed by atoms with Gasteiger partial charge in [-0.2, -0.15) is 0 Å². The second-order valence-corrected chi connectivity index (χ2v) is 6.26. The first-order valence-corrected chi connectivity index (χ1v) is 7.79. The van der Waals surface area contributed by atoms with Crippen LogP contribution in [0.5, 0.6) is 0 Å². The van der Waals surface area contributed by atoms with Gasteiger partial charge < -0.3 is 9.88 Å². The average molecular weight is 390 g/mol. The fraction of sp³-hybridized carbons (Fsp3) is 0.385. The molecule has 1 aliphatic heterocycles. The van der Waals surface area contributed by atoms with E-state index in [0.717, 1.165) is 26.8 Å². The topological polar surface area (TPSA) is 46.9 Å². The summed E-state index contributed by atoms with van der Waals surface area (Å²) in [6.45, 7) is 0.672. The fourth-order valence-electron chi connectivity index (χ4n) is 2.56. The van der Waals surface area contributed by atoms with Gasteiger partial charge in [-0.3, -0.25) is 4.79 Å². The largest absolute Gasteiger partial charge is 0.354 e. The van der Waals surface area contributed by atoms with E-state index in [1.54, 1.807) is 0 Å². The van der Waals surface area contributed by atoms with Crippen molar-refractivity contribution in [2.75, 3.05) is 12.4 Å². The molecule has 1 amide bonds. The molecule has 1 atom stereocenters. The maximum atomic E-state index is 11.4. The lowest BCUT2D eigenvalue weighted by atomic mass is 10.2. The van der Waals surface area contributed by atoms with Crippen molar-refractivity contribution in [1.82, 2.24) is 14.9 Å². The summed E-state index contributed by atoms with van der Waals surface area (Å²) in [4.78, 5) is 16.1. The highest BCUT2D eigenvalue weighted by Crippen LogP contribution is 2.27. The summed E-state index contributed by atoms with van der Waals surface area (Å²) < 4.78 is 3.33. The number of rotatable bonds is 3. The van der Waals surface area contributed by atoms with Gasteiger partial charge in [0, 0.05) is 28.8 Å². The molecular formula is C13H13ClIN3O. The van der Waals surface area contributed by atoms with Crippen LogP contribution in [0.2, 0.25) is 0 Å². The Hall–Kier alpha value is -0.820. The third-order valence-corrected chi connectivity index (χ3v) is 4.22. The van der Waals surface area contributed by atoms with Gasteiger partial charge in [0.05, 0.1) is 17.1 Å². The number of hydrogen-bond acceptors (Lipinski definition) is 2. The van der Waals surface area contributed by atoms with Crippen LogP contribution in [-0.2, 0) is 11.2 Å². The summed E-state index contributed by atoms with van der Waals surface area (Å²) in [7, 11) is 0. The van der Waals surface area contributed by atoms with Crippen molar-refractivity contribution in [1.29, 1.82) is 0 Å². The molecule has 0 aliphatic carbocycles. The Morgan fingerprint density at radius 2 is 2.37 bits per heavy atom. The second kappa shape index (κ2) is 5.28. The van der Waals surface area contributed by atoms with Crippen molar-refractivity contribution in [2.24, 2.45) is 0 Å². The van der Waals surface area contributed by atoms with Crippen molar-refractivity contribution < 1.29 is 4.79 Å². The summed E-state index contributed by atoms with van der Waals surface area (Å²) in [5.74, 6) is 1.61. The van der Waals surface area contributed by atoms with Crippen LogP contribution in [0.25, 0.3) is 11.0 Å². The summed E-state index contributed by atoms with van der Waals surface area (Å²) in [5, 5.41) is 2.88. The van der Waals surface area contributed by atoms with Gasteiger partial charge in [0.25, 0.3) is 0 Å². The molecule has 6 heteroatoms. The van der Waals surface area contributed by atoms with Gasteiger partial charge in [0.15, 0.2) is 0 Å². The number of fused-ring (bicyclic) bond motifs is 1. The van der Waals surface area contributed by atoms with Crippen molar-refractivity contribution in [3.63, 3.8) is 0 Å². The van der Waals surface area contributed by atoms with Crippen LogP contribution in [-0.4, -0.2) is 27.9 Å². The van der Waals surface area contributed by atoms with Gasteiger partial charge >= 0.3 is 0 Å². The maximum Gasteiger partial charge on any atom is 0.222 e. The van der Waals surface area contributed by atoms with Crippen LogP contribution in [0, 0.1) is 3.57 Å². The quantitative estimate of drug-likeness (QED) is 0.648. The zero-order chi connectivity index (χ0) is 13.4. The molecule has 1 saturated heterocycles. The Bertz CT molecular complexity index is 640. The van der Waals surface area contributed by atoms with E-state index in [-0.39, 0.29) is 11.9 Å². The van der Waals surface area contributed by atoms with Gasteiger partial charge in [-0.05, 0) is 40.8 Å². The Morgan fingerprint density at radius 3 is 3.05 bits per heavy atom. The lowest BCUT2D eigenvalue weighted by Gasteiger charge is -2.14. The molecule has 19 heavy (non-hydrogen) atoms. The number of benzene rings is 1. The molecule has 2 heterocycles. The lowest BCUT2D eigenvalue weighted by molar-refractivity contribution is -0.119. The number of carbonyl (C=O) groups excluding carboxylic acids is 1. The number of nitrogens with one attached hydrogen (secondary N) is 1. The normalized spacial score (nSPS) is 19.1. The summed E-state index contributed by atoms with van der Waals surface area (Å²) in [6.07, 6.45) is 1.24. The van der Waals surface area contributed by atoms with E-state index in [4.69, 9.17) is 11.6 Å². The minimum atomic E-state index is 0.106. The van der Waals surface area contributed by atoms with Crippen LogP contribution in [0.15, 0.2) is 18.2 Å². The molecule has 4 nitrogen and oxygen atoms in total. The average Bonchev–Trinajstić information content (AvgIpc) is 2.92. The molecule has 1 N–H and O–H groups in total. The number of imidazole rings is 1. The highest BCUT2D eigenvalue weighted by atomic mass is 127. The molecule has 1 fully saturated rings. The van der Waals surface area contributed by atoms with Gasteiger partial charge in [-0.25, -0.2) is 4.98 Å². The first-order valence-electron chi connectivity index (χ1n) is 6.18. The molecular weight excluding hydrogens is 377 g/mol. The molecule has 1 aromatic heterocycles. The molecule has 0 radical (unpaired) electrons. The third-order valence-electron chi connectivity index (χ3n) is 3.36. The number of aryl methyl sites for hydroxylation is 1. The van der Waals surface area contributed by atoms with E-state index in [9.17, 15) is 4.79 Å². The number of halogens is 2. The Labute approximate surface area is 129 Å². The Morgan fingerprint density at radius 1 is 1.53 bits per heavy atom. The molecule has 1 aromatic carbocycles. The molecule has 1 aliphatic rings. The molecule has 2 aromatic rings. The van der Waals surface area contributed by atoms with E-state index < -0.39 is 0 Å². The molecule has 100 valence electrons. The molecule has 0 spiro atoms. The van der Waals surface area contributed by atoms with Crippen molar-refractivity contribution in [3.8, 4) is 0 Å². The first kappa shape index (κ1) is 13.2. The van der Waals surface area contributed by atoms with E-state index in [1.807, 2.05) is 0 Å². The number of alkyl halides is 1. The summed E-state index contributed by atoms with van der Waals surface area (Å²) in [5.41, 5.74) is 2.06. The summed E-state index contributed by atoms with van der Waals surface area (Å²) in [6, 6.07) is 6.35. The van der Waals surface area contributed by atoms with Gasteiger partial charge in [0.1, 0.15) is 5.82 Å². The van der Waals surface area contributed by atoms with Crippen LogP contribution < -0.4 is 5.32 Å². The second-order valence-electron chi connectivity index (χ2n) is 4.63. The van der Waals surface area contributed by atoms with Crippen molar-refractivity contribution in [2.45, 2.75) is 18.9 Å². The van der Waals surface area contributed by atoms with Gasteiger partial charge in [-0.15, -0.1) is 11.6 Å². The zero-order valence-electron chi connectivity index (χ0n) is 10.2. The smallest absolute Gasteiger partial charge is 0.222 e. The minimum absolute atomic E-state index is 0.106. The molecule has 1 unspecified atom stereocenters. The third kappa shape index (κ3) is 2.45. The summed E-state index contributed by atoms with van der Waals surface area (Å²) >= 11 is 8.14. The highest BCUT2D eigenvalue weighted by molar-refractivity contribution is 14.1. The highest BCUT2D eigenvalue weighted by Gasteiger charge is 2.26. The SMILES string of the molecule is O=C1CC(n2c(CCCl)nc3cc(I)ccc32)CN1. The Kier molecular flexibility index (Phi) is 3.66. The molecule has 3 rings (SSSR count). The molecule has 0 saturated carbocycles. The van der Waals surface area contributed by atoms with Gasteiger partial charge in [-0.1, -0.05) is 0 Å². The minimum Gasteiger partial charge on any atom is -0.354 e. The van der Waals surface area contributed by atoms with Gasteiger partial charge in [0.2, 0.25) is 5.91 Å². The molecule has 0 bridgehead atoms. The van der Waals surface area contributed by atoms with Crippen LogP contribution in [0.4, 0.5) is 0 Å². The lowest BCUT2D eigenvalue weighted by Crippen LogP contribution is -2.17. The first-order chi connectivity index (χ1) is 9.19. The Balaban J connectivity index is 2.13. The van der Waals surface area contributed by atoms with Crippen LogP contribution >= 0.6 is 34.2 Å². The zero-order valence-corrected chi connectivity index (χ0v) is 13.1. The monoisotopic (exact) mass is 389 g/mol. The number of carbonyl (C=O) groups is 1. The van der Waals surface area contributed by atoms with Crippen LogP contribution in [0.1, 0.15) is 18.3 Å². The standard InChI is InChI=1S/C13H13ClIN3O/c14-4-3-12-17-10-5-8(15)1-2-11(10)18(12)9-6-13(19)16-7-9/h1-2,5,9H,3-4,6-7H2,(H,16,19). The van der Waals surface area contributed by atoms with Crippen molar-refractivity contribution in [3.05, 3.63) is 27.6 Å².